The second-order valence-electron chi connectivity index (χ2n) is 3.91. The molecule has 1 aromatic carbocycles. The van der Waals surface area contributed by atoms with Crippen LogP contribution in [0.1, 0.15) is 22.8 Å². The summed E-state index contributed by atoms with van der Waals surface area (Å²) in [5.74, 6) is -1.86. The standard InChI is InChI=1S/C11H9BrO4/c1-10(16)8(13)6-4-2-3-5-7(6)11(10,12)9(14)15/h2-5,16H,1H3,(H,14,15). The summed E-state index contributed by atoms with van der Waals surface area (Å²) in [7, 11) is 0. The van der Waals surface area contributed by atoms with E-state index in [9.17, 15) is 19.8 Å². The number of carbonyl (C=O) groups excluding carboxylic acids is 1. The van der Waals surface area contributed by atoms with Crippen molar-refractivity contribution >= 4 is 27.7 Å². The van der Waals surface area contributed by atoms with Gasteiger partial charge in [-0.1, -0.05) is 40.2 Å². The van der Waals surface area contributed by atoms with Crippen LogP contribution in [0.15, 0.2) is 24.3 Å². The molecule has 2 unspecified atom stereocenters. The molecule has 0 aliphatic heterocycles. The van der Waals surface area contributed by atoms with Gasteiger partial charge in [-0.25, -0.2) is 0 Å². The van der Waals surface area contributed by atoms with Crippen LogP contribution in [-0.4, -0.2) is 27.6 Å². The van der Waals surface area contributed by atoms with Gasteiger partial charge in [-0.3, -0.25) is 9.59 Å². The summed E-state index contributed by atoms with van der Waals surface area (Å²) in [5.41, 5.74) is -1.45. The van der Waals surface area contributed by atoms with E-state index in [4.69, 9.17) is 0 Å². The van der Waals surface area contributed by atoms with Crippen molar-refractivity contribution in [1.82, 2.24) is 0 Å². The molecule has 0 saturated heterocycles. The molecule has 2 N–H and O–H groups in total. The Morgan fingerprint density at radius 3 is 2.50 bits per heavy atom. The Hall–Kier alpha value is -1.20. The van der Waals surface area contributed by atoms with Crippen LogP contribution in [0.2, 0.25) is 0 Å². The predicted molar refractivity (Wildman–Crippen MR) is 59.6 cm³/mol. The van der Waals surface area contributed by atoms with Crippen molar-refractivity contribution in [3.05, 3.63) is 35.4 Å². The summed E-state index contributed by atoms with van der Waals surface area (Å²) < 4.78 is -1.77. The third-order valence-electron chi connectivity index (χ3n) is 2.95. The number of alkyl halides is 1. The van der Waals surface area contributed by atoms with Crippen molar-refractivity contribution in [3.8, 4) is 0 Å². The van der Waals surface area contributed by atoms with Crippen LogP contribution in [0.3, 0.4) is 0 Å². The summed E-state index contributed by atoms with van der Waals surface area (Å²) in [6, 6.07) is 6.30. The molecule has 1 aliphatic rings. The molecular formula is C11H9BrO4. The number of hydrogen-bond donors (Lipinski definition) is 2. The Morgan fingerprint density at radius 1 is 1.38 bits per heavy atom. The van der Waals surface area contributed by atoms with Gasteiger partial charge in [0.05, 0.1) is 0 Å². The van der Waals surface area contributed by atoms with Crippen molar-refractivity contribution in [2.75, 3.05) is 0 Å². The van der Waals surface area contributed by atoms with Crippen molar-refractivity contribution < 1.29 is 19.8 Å². The second kappa shape index (κ2) is 3.15. The third-order valence-corrected chi connectivity index (χ3v) is 4.49. The summed E-state index contributed by atoms with van der Waals surface area (Å²) in [6.07, 6.45) is 0. The molecule has 84 valence electrons. The van der Waals surface area contributed by atoms with Gasteiger partial charge in [0.25, 0.3) is 0 Å². The summed E-state index contributed by atoms with van der Waals surface area (Å²) in [5, 5.41) is 19.3. The SMILES string of the molecule is CC1(O)C(=O)c2ccccc2C1(Br)C(=O)O. The number of rotatable bonds is 1. The number of halogens is 1. The van der Waals surface area contributed by atoms with Crippen molar-refractivity contribution in [1.29, 1.82) is 0 Å². The number of fused-ring (bicyclic) bond motifs is 1. The van der Waals surface area contributed by atoms with Crippen molar-refractivity contribution in [2.24, 2.45) is 0 Å². The molecule has 2 rings (SSSR count). The molecule has 1 aromatic rings. The zero-order valence-electron chi connectivity index (χ0n) is 8.40. The van der Waals surface area contributed by atoms with Gasteiger partial charge in [0, 0.05) is 5.56 Å². The summed E-state index contributed by atoms with van der Waals surface area (Å²) in [4.78, 5) is 23.2. The van der Waals surface area contributed by atoms with E-state index in [1.54, 1.807) is 12.1 Å². The number of aliphatic hydroxyl groups is 1. The van der Waals surface area contributed by atoms with Gasteiger partial charge >= 0.3 is 5.97 Å². The van der Waals surface area contributed by atoms with Crippen LogP contribution in [0.5, 0.6) is 0 Å². The number of carboxylic acids is 1. The normalized spacial score (nSPS) is 32.6. The lowest BCUT2D eigenvalue weighted by Crippen LogP contribution is -2.50. The monoisotopic (exact) mass is 284 g/mol. The Balaban J connectivity index is 2.80. The van der Waals surface area contributed by atoms with Gasteiger partial charge in [-0.05, 0) is 12.5 Å². The molecule has 5 heteroatoms. The van der Waals surface area contributed by atoms with Crippen LogP contribution in [0.25, 0.3) is 0 Å². The maximum atomic E-state index is 11.9. The first kappa shape index (κ1) is 11.3. The second-order valence-corrected chi connectivity index (χ2v) is 5.10. The minimum absolute atomic E-state index is 0.242. The van der Waals surface area contributed by atoms with Gasteiger partial charge < -0.3 is 10.2 Å². The van der Waals surface area contributed by atoms with E-state index in [2.05, 4.69) is 15.9 Å². The van der Waals surface area contributed by atoms with Crippen LogP contribution in [-0.2, 0) is 9.12 Å². The molecule has 0 radical (unpaired) electrons. The molecule has 1 aliphatic carbocycles. The highest BCUT2D eigenvalue weighted by Crippen LogP contribution is 2.50. The van der Waals surface area contributed by atoms with Crippen LogP contribution >= 0.6 is 15.9 Å². The van der Waals surface area contributed by atoms with E-state index in [1.165, 1.54) is 19.1 Å². The maximum Gasteiger partial charge on any atom is 0.328 e. The zero-order chi connectivity index (χ0) is 12.1. The van der Waals surface area contributed by atoms with E-state index in [1.807, 2.05) is 0 Å². The van der Waals surface area contributed by atoms with E-state index in [0.717, 1.165) is 0 Å². The Bertz CT molecular complexity index is 495. The van der Waals surface area contributed by atoms with Crippen LogP contribution < -0.4 is 0 Å². The minimum atomic E-state index is -1.98. The highest BCUT2D eigenvalue weighted by atomic mass is 79.9. The topological polar surface area (TPSA) is 74.6 Å². The lowest BCUT2D eigenvalue weighted by molar-refractivity contribution is -0.144. The predicted octanol–water partition coefficient (Wildman–Crippen LogP) is 1.31. The number of hydrogen-bond acceptors (Lipinski definition) is 3. The smallest absolute Gasteiger partial charge is 0.328 e. The fourth-order valence-corrected chi connectivity index (χ4v) is 2.51. The molecule has 2 atom stereocenters. The average molecular weight is 285 g/mol. The van der Waals surface area contributed by atoms with Gasteiger partial charge in [0.2, 0.25) is 0 Å². The first-order valence-corrected chi connectivity index (χ1v) is 5.41. The van der Waals surface area contributed by atoms with Gasteiger partial charge in [0.1, 0.15) is 0 Å². The molecule has 4 nitrogen and oxygen atoms in total. The minimum Gasteiger partial charge on any atom is -0.480 e. The zero-order valence-corrected chi connectivity index (χ0v) is 9.98. The number of carbonyl (C=O) groups is 2. The lowest BCUT2D eigenvalue weighted by Gasteiger charge is -2.29. The molecule has 0 heterocycles. The van der Waals surface area contributed by atoms with Crippen LogP contribution in [0.4, 0.5) is 0 Å². The molecule has 0 saturated carbocycles. The lowest BCUT2D eigenvalue weighted by atomic mass is 9.89. The van der Waals surface area contributed by atoms with E-state index in [-0.39, 0.29) is 11.1 Å². The highest BCUT2D eigenvalue weighted by Gasteiger charge is 2.63. The molecule has 0 spiro atoms. The Kier molecular flexibility index (Phi) is 2.22. The number of aliphatic carboxylic acids is 1. The largest absolute Gasteiger partial charge is 0.480 e. The Morgan fingerprint density at radius 2 is 1.94 bits per heavy atom. The molecule has 16 heavy (non-hydrogen) atoms. The third kappa shape index (κ3) is 1.07. The van der Waals surface area contributed by atoms with Crippen molar-refractivity contribution in [2.45, 2.75) is 16.8 Å². The van der Waals surface area contributed by atoms with E-state index in [0.29, 0.717) is 0 Å². The van der Waals surface area contributed by atoms with Gasteiger partial charge in [-0.2, -0.15) is 0 Å². The molecule has 0 aromatic heterocycles. The fraction of sp³-hybridized carbons (Fsp3) is 0.273. The van der Waals surface area contributed by atoms with Gasteiger partial charge in [-0.15, -0.1) is 0 Å². The summed E-state index contributed by atoms with van der Waals surface area (Å²) in [6.45, 7) is 1.21. The van der Waals surface area contributed by atoms with E-state index < -0.39 is 21.7 Å². The molecule has 0 amide bonds. The highest BCUT2D eigenvalue weighted by molar-refractivity contribution is 9.10. The molecule has 0 fully saturated rings. The maximum absolute atomic E-state index is 11.9. The number of Topliss-reactive ketones (excluding diaryl/α,β-unsaturated/α-hetero) is 1. The van der Waals surface area contributed by atoms with Crippen LogP contribution in [0, 0.1) is 0 Å². The fourth-order valence-electron chi connectivity index (χ4n) is 1.99. The number of carboxylic acid groups (broad SMARTS) is 1. The van der Waals surface area contributed by atoms with E-state index >= 15 is 0 Å². The number of ketones is 1. The average Bonchev–Trinajstić information content (AvgIpc) is 2.40. The Labute approximate surface area is 100 Å². The summed E-state index contributed by atoms with van der Waals surface area (Å²) >= 11 is 3.00. The molecular weight excluding hydrogens is 276 g/mol. The number of benzene rings is 1. The molecule has 0 bridgehead atoms. The van der Waals surface area contributed by atoms with Gasteiger partial charge in [0.15, 0.2) is 15.7 Å². The first-order valence-electron chi connectivity index (χ1n) is 4.62. The first-order chi connectivity index (χ1) is 7.33. The quantitative estimate of drug-likeness (QED) is 0.763. The van der Waals surface area contributed by atoms with Crippen molar-refractivity contribution in [3.63, 3.8) is 0 Å².